The predicted octanol–water partition coefficient (Wildman–Crippen LogP) is 3.28. The summed E-state index contributed by atoms with van der Waals surface area (Å²) in [6.45, 7) is 4.96. The minimum absolute atomic E-state index is 0.0182. The summed E-state index contributed by atoms with van der Waals surface area (Å²) < 4.78 is 10.8. The fraction of sp³-hybridized carbons (Fsp3) is 0.476. The Labute approximate surface area is 180 Å². The number of thiazole rings is 1. The predicted molar refractivity (Wildman–Crippen MR) is 116 cm³/mol. The third-order valence-corrected chi connectivity index (χ3v) is 6.13. The van der Waals surface area contributed by atoms with E-state index in [0.29, 0.717) is 36.1 Å². The Bertz CT molecular complexity index is 887. The third-order valence-electron chi connectivity index (χ3n) is 5.44. The molecule has 1 aromatic heterocycles. The molecular weight excluding hydrogens is 404 g/mol. The monoisotopic (exact) mass is 432 g/mol. The van der Waals surface area contributed by atoms with E-state index in [1.807, 2.05) is 26.0 Å². The van der Waals surface area contributed by atoms with E-state index in [2.05, 4.69) is 15.6 Å². The van der Waals surface area contributed by atoms with Gasteiger partial charge in [0.2, 0.25) is 5.91 Å². The van der Waals surface area contributed by atoms with Crippen molar-refractivity contribution >= 4 is 28.4 Å². The highest BCUT2D eigenvalue weighted by Crippen LogP contribution is 2.33. The molecule has 0 bridgehead atoms. The van der Waals surface area contributed by atoms with E-state index in [0.717, 1.165) is 17.5 Å². The van der Waals surface area contributed by atoms with Crippen LogP contribution in [-0.4, -0.2) is 48.6 Å². The van der Waals surface area contributed by atoms with Crippen LogP contribution in [0.5, 0.6) is 11.5 Å². The summed E-state index contributed by atoms with van der Waals surface area (Å²) in [7, 11) is 3.20. The van der Waals surface area contributed by atoms with Crippen molar-refractivity contribution in [3.8, 4) is 11.5 Å². The number of hydrogen-bond acceptors (Lipinski definition) is 6. The van der Waals surface area contributed by atoms with Crippen LogP contribution in [0.4, 0.5) is 9.93 Å². The van der Waals surface area contributed by atoms with Crippen LogP contribution in [0.3, 0.4) is 0 Å². The molecule has 1 aromatic carbocycles. The van der Waals surface area contributed by atoms with E-state index >= 15 is 0 Å². The number of urea groups is 1. The fourth-order valence-electron chi connectivity index (χ4n) is 3.45. The van der Waals surface area contributed by atoms with E-state index in [1.54, 1.807) is 30.7 Å². The van der Waals surface area contributed by atoms with Gasteiger partial charge in [-0.2, -0.15) is 0 Å². The van der Waals surface area contributed by atoms with Gasteiger partial charge in [0.05, 0.1) is 14.2 Å². The molecule has 2 heterocycles. The van der Waals surface area contributed by atoms with Crippen molar-refractivity contribution < 1.29 is 19.1 Å². The molecule has 2 N–H and O–H groups in total. The normalized spacial score (nSPS) is 15.0. The molecule has 162 valence electrons. The second-order valence-electron chi connectivity index (χ2n) is 7.29. The van der Waals surface area contributed by atoms with Crippen molar-refractivity contribution in [2.75, 3.05) is 26.1 Å². The zero-order valence-electron chi connectivity index (χ0n) is 17.7. The largest absolute Gasteiger partial charge is 0.493 e. The first kappa shape index (κ1) is 21.9. The minimum Gasteiger partial charge on any atom is -0.493 e. The summed E-state index contributed by atoms with van der Waals surface area (Å²) in [5, 5.41) is 8.04. The molecule has 0 saturated carbocycles. The van der Waals surface area contributed by atoms with E-state index in [4.69, 9.17) is 9.47 Å². The highest BCUT2D eigenvalue weighted by Gasteiger charge is 2.30. The topological polar surface area (TPSA) is 92.8 Å². The second-order valence-corrected chi connectivity index (χ2v) is 8.18. The Morgan fingerprint density at radius 2 is 1.93 bits per heavy atom. The van der Waals surface area contributed by atoms with Gasteiger partial charge in [0.15, 0.2) is 16.6 Å². The van der Waals surface area contributed by atoms with Gasteiger partial charge < -0.3 is 25.0 Å². The van der Waals surface area contributed by atoms with Gasteiger partial charge in [-0.1, -0.05) is 20.3 Å². The van der Waals surface area contributed by atoms with Gasteiger partial charge in [-0.25, -0.2) is 9.78 Å². The standard InChI is InChI=1S/C21H28N4O4S/c1-5-13(2)18(19(26)24-20-22-7-9-30-20)23-21(27)25-8-6-14-10-16(28-3)17(29-4)11-15(14)12-25/h7,9-11,13,18H,5-6,8,12H2,1-4H3,(H,23,27)(H,22,24,26)/t13?,18-/m0/s1. The number of nitrogens with zero attached hydrogens (tertiary/aromatic N) is 2. The number of anilines is 1. The van der Waals surface area contributed by atoms with Gasteiger partial charge >= 0.3 is 6.03 Å². The maximum Gasteiger partial charge on any atom is 0.318 e. The number of methoxy groups -OCH3 is 2. The van der Waals surface area contributed by atoms with Crippen molar-refractivity contribution in [1.29, 1.82) is 0 Å². The number of carbonyl (C=O) groups is 2. The van der Waals surface area contributed by atoms with E-state index < -0.39 is 6.04 Å². The highest BCUT2D eigenvalue weighted by atomic mass is 32.1. The smallest absolute Gasteiger partial charge is 0.318 e. The maximum absolute atomic E-state index is 13.0. The van der Waals surface area contributed by atoms with Crippen molar-refractivity contribution in [2.45, 2.75) is 39.3 Å². The Hall–Kier alpha value is -2.81. The summed E-state index contributed by atoms with van der Waals surface area (Å²) in [6.07, 6.45) is 3.10. The fourth-order valence-corrected chi connectivity index (χ4v) is 3.98. The summed E-state index contributed by atoms with van der Waals surface area (Å²) in [6, 6.07) is 2.98. The lowest BCUT2D eigenvalue weighted by atomic mass is 9.97. The SMILES string of the molecule is CCC(C)[C@H](NC(=O)N1CCc2cc(OC)c(OC)cc2C1)C(=O)Nc1nccs1. The molecule has 2 aromatic rings. The lowest BCUT2D eigenvalue weighted by molar-refractivity contribution is -0.119. The van der Waals surface area contributed by atoms with Crippen LogP contribution in [0.2, 0.25) is 0 Å². The summed E-state index contributed by atoms with van der Waals surface area (Å²) in [5.74, 6) is 1.05. The third kappa shape index (κ3) is 4.84. The molecule has 1 aliphatic heterocycles. The Morgan fingerprint density at radius 1 is 1.23 bits per heavy atom. The number of fused-ring (bicyclic) bond motifs is 1. The van der Waals surface area contributed by atoms with Crippen LogP contribution in [-0.2, 0) is 17.8 Å². The first-order valence-electron chi connectivity index (χ1n) is 9.96. The number of rotatable bonds is 7. The van der Waals surface area contributed by atoms with Gasteiger partial charge in [-0.05, 0) is 35.6 Å². The summed E-state index contributed by atoms with van der Waals surface area (Å²) in [4.78, 5) is 31.6. The van der Waals surface area contributed by atoms with E-state index in [9.17, 15) is 9.59 Å². The number of hydrogen-bond donors (Lipinski definition) is 2. The van der Waals surface area contributed by atoms with Gasteiger partial charge in [-0.15, -0.1) is 11.3 Å². The molecule has 3 amide bonds. The quantitative estimate of drug-likeness (QED) is 0.700. The van der Waals surface area contributed by atoms with Crippen molar-refractivity contribution in [3.05, 3.63) is 34.8 Å². The first-order chi connectivity index (χ1) is 14.5. The Morgan fingerprint density at radius 3 is 2.53 bits per heavy atom. The number of aromatic nitrogens is 1. The second kappa shape index (κ2) is 9.80. The number of amides is 3. The van der Waals surface area contributed by atoms with Crippen LogP contribution in [0.1, 0.15) is 31.4 Å². The molecular formula is C21H28N4O4S. The average molecular weight is 433 g/mol. The molecule has 9 heteroatoms. The molecule has 0 saturated heterocycles. The molecule has 30 heavy (non-hydrogen) atoms. The first-order valence-corrected chi connectivity index (χ1v) is 10.8. The van der Waals surface area contributed by atoms with E-state index in [-0.39, 0.29) is 17.9 Å². The van der Waals surface area contributed by atoms with Crippen molar-refractivity contribution in [3.63, 3.8) is 0 Å². The average Bonchev–Trinajstić information content (AvgIpc) is 3.28. The highest BCUT2D eigenvalue weighted by molar-refractivity contribution is 7.13. The number of benzene rings is 1. The maximum atomic E-state index is 13.0. The van der Waals surface area contributed by atoms with Gasteiger partial charge in [0.1, 0.15) is 6.04 Å². The van der Waals surface area contributed by atoms with Crippen LogP contribution >= 0.6 is 11.3 Å². The zero-order chi connectivity index (χ0) is 21.7. The molecule has 3 rings (SSSR count). The molecule has 1 aliphatic rings. The van der Waals surface area contributed by atoms with Crippen molar-refractivity contribution in [2.24, 2.45) is 5.92 Å². The van der Waals surface area contributed by atoms with Crippen LogP contribution in [0.25, 0.3) is 0 Å². The molecule has 1 unspecified atom stereocenters. The van der Waals surface area contributed by atoms with Crippen LogP contribution in [0, 0.1) is 5.92 Å². The molecule has 0 aliphatic carbocycles. The molecule has 8 nitrogen and oxygen atoms in total. The van der Waals surface area contributed by atoms with Crippen LogP contribution in [0.15, 0.2) is 23.7 Å². The number of ether oxygens (including phenoxy) is 2. The lowest BCUT2D eigenvalue weighted by Gasteiger charge is -2.32. The van der Waals surface area contributed by atoms with Gasteiger partial charge in [0, 0.05) is 24.7 Å². The van der Waals surface area contributed by atoms with Gasteiger partial charge in [-0.3, -0.25) is 4.79 Å². The number of nitrogens with one attached hydrogen (secondary N) is 2. The zero-order valence-corrected chi connectivity index (χ0v) is 18.5. The Kier molecular flexibility index (Phi) is 7.15. The lowest BCUT2D eigenvalue weighted by Crippen LogP contribution is -2.53. The van der Waals surface area contributed by atoms with E-state index in [1.165, 1.54) is 11.3 Å². The van der Waals surface area contributed by atoms with Crippen molar-refractivity contribution in [1.82, 2.24) is 15.2 Å². The summed E-state index contributed by atoms with van der Waals surface area (Å²) >= 11 is 1.35. The minimum atomic E-state index is -0.641. The van der Waals surface area contributed by atoms with Gasteiger partial charge in [0.25, 0.3) is 0 Å². The van der Waals surface area contributed by atoms with Crippen LogP contribution < -0.4 is 20.1 Å². The summed E-state index contributed by atoms with van der Waals surface area (Å²) in [5.41, 5.74) is 2.15. The molecule has 0 radical (unpaired) electrons. The molecule has 0 spiro atoms. The Balaban J connectivity index is 1.71. The molecule has 0 fully saturated rings. The number of carbonyl (C=O) groups excluding carboxylic acids is 2. The molecule has 2 atom stereocenters.